The van der Waals surface area contributed by atoms with Gasteiger partial charge in [0.05, 0.1) is 40.5 Å². The van der Waals surface area contributed by atoms with Crippen LogP contribution in [0.2, 0.25) is 0 Å². The molecule has 284 valence electrons. The highest BCUT2D eigenvalue weighted by Crippen LogP contribution is 2.43. The summed E-state index contributed by atoms with van der Waals surface area (Å²) in [6.07, 6.45) is 3.68. The molecule has 0 amide bonds. The molecule has 7 aromatic carbocycles. The van der Waals surface area contributed by atoms with E-state index in [2.05, 4.69) is 157 Å². The van der Waals surface area contributed by atoms with Gasteiger partial charge in [-0.2, -0.15) is 0 Å². The normalized spacial score (nSPS) is 11.8. The van der Waals surface area contributed by atoms with E-state index < -0.39 is 0 Å². The minimum Gasteiger partial charge on any atom is -0.454 e. The molecule has 0 saturated carbocycles. The van der Waals surface area contributed by atoms with Gasteiger partial charge < -0.3 is 18.3 Å². The minimum absolute atomic E-state index is 0.777. The smallest absolute Gasteiger partial charge is 0.153 e. The van der Waals surface area contributed by atoms with Crippen molar-refractivity contribution >= 4 is 82.7 Å². The first-order valence-electron chi connectivity index (χ1n) is 20.2. The lowest BCUT2D eigenvalue weighted by Gasteiger charge is -2.30. The lowest BCUT2D eigenvalue weighted by Crippen LogP contribution is -2.14. The summed E-state index contributed by atoms with van der Waals surface area (Å²) < 4.78 is 14.7. The van der Waals surface area contributed by atoms with Crippen molar-refractivity contribution in [1.82, 2.24) is 14.5 Å². The Morgan fingerprint density at radius 3 is 1.37 bits per heavy atom. The topological polar surface area (TPSA) is 60.2 Å². The van der Waals surface area contributed by atoms with Crippen molar-refractivity contribution in [2.45, 2.75) is 13.8 Å². The number of aromatic nitrogens is 3. The van der Waals surface area contributed by atoms with Crippen molar-refractivity contribution < 1.29 is 8.83 Å². The van der Waals surface area contributed by atoms with Crippen molar-refractivity contribution in [3.63, 3.8) is 0 Å². The fourth-order valence-corrected chi connectivity index (χ4v) is 9.21. The number of para-hydroxylation sites is 4. The zero-order valence-electron chi connectivity index (χ0n) is 32.9. The summed E-state index contributed by atoms with van der Waals surface area (Å²) in [7, 11) is 0. The van der Waals surface area contributed by atoms with Gasteiger partial charge in [0.1, 0.15) is 11.2 Å². The van der Waals surface area contributed by atoms with Crippen molar-refractivity contribution in [3.05, 3.63) is 193 Å². The highest BCUT2D eigenvalue weighted by molar-refractivity contribution is 6.10. The van der Waals surface area contributed by atoms with Crippen molar-refractivity contribution in [1.29, 1.82) is 0 Å². The Bertz CT molecular complexity index is 3430. The second-order valence-electron chi connectivity index (χ2n) is 15.6. The maximum absolute atomic E-state index is 6.14. The standard InChI is InChI=1S/C54H36N4O2/c1-33-25-39(58-48-21-7-3-17-40(48)41-18-4-8-22-49(41)58)26-34(2)54(33)57(37-15-11-13-35(27-37)46-29-44-42-19-5-9-23-50(42)59-52(44)31-55-46)38-16-12-14-36(28-38)47-30-45-43-20-6-10-24-51(43)60-53(45)32-56-47/h3-32H,1-2H3. The van der Waals surface area contributed by atoms with Crippen LogP contribution in [-0.4, -0.2) is 14.5 Å². The Morgan fingerprint density at radius 2 is 0.867 bits per heavy atom. The van der Waals surface area contributed by atoms with Crippen LogP contribution in [0.4, 0.5) is 17.1 Å². The summed E-state index contributed by atoms with van der Waals surface area (Å²) in [4.78, 5) is 12.2. The Hall–Kier alpha value is -7.96. The molecule has 6 nitrogen and oxygen atoms in total. The number of fused-ring (bicyclic) bond motifs is 9. The third-order valence-corrected chi connectivity index (χ3v) is 11.9. The molecule has 12 aromatic rings. The van der Waals surface area contributed by atoms with Crippen LogP contribution in [0.15, 0.2) is 191 Å². The van der Waals surface area contributed by atoms with Crippen LogP contribution in [0.5, 0.6) is 0 Å². The summed E-state index contributed by atoms with van der Waals surface area (Å²) in [6, 6.07) is 59.9. The van der Waals surface area contributed by atoms with E-state index in [0.717, 1.165) is 100 Å². The molecule has 0 spiro atoms. The summed E-state index contributed by atoms with van der Waals surface area (Å²) in [5.74, 6) is 0. The van der Waals surface area contributed by atoms with Gasteiger partial charge in [0.2, 0.25) is 0 Å². The molecule has 6 heteroatoms. The Labute approximate surface area is 345 Å². The lowest BCUT2D eigenvalue weighted by molar-refractivity contribution is 0.666. The number of benzene rings is 7. The first-order valence-corrected chi connectivity index (χ1v) is 20.2. The molecule has 60 heavy (non-hydrogen) atoms. The number of rotatable bonds is 6. The first kappa shape index (κ1) is 34.1. The number of furan rings is 2. The van der Waals surface area contributed by atoms with E-state index in [1.807, 2.05) is 48.8 Å². The number of pyridine rings is 2. The zero-order valence-corrected chi connectivity index (χ0v) is 32.9. The van der Waals surface area contributed by atoms with Crippen molar-refractivity contribution in [3.8, 4) is 28.2 Å². The highest BCUT2D eigenvalue weighted by atomic mass is 16.3. The fraction of sp³-hybridized carbons (Fsp3) is 0.0370. The molecule has 0 fully saturated rings. The molecule has 5 aromatic heterocycles. The van der Waals surface area contributed by atoms with Gasteiger partial charge in [-0.1, -0.05) is 97.1 Å². The number of aryl methyl sites for hydroxylation is 2. The fourth-order valence-electron chi connectivity index (χ4n) is 9.21. The van der Waals surface area contributed by atoms with Crippen LogP contribution in [0, 0.1) is 13.8 Å². The molecule has 5 heterocycles. The SMILES string of the molecule is Cc1cc(-n2c3ccccc3c3ccccc32)cc(C)c1N(c1cccc(-c2cc3c(cn2)oc2ccccc23)c1)c1cccc(-c2cc3c(cn2)oc2ccccc23)c1. The summed E-state index contributed by atoms with van der Waals surface area (Å²) in [5, 5.41) is 6.74. The zero-order chi connectivity index (χ0) is 39.9. The van der Waals surface area contributed by atoms with Gasteiger partial charge in [0.25, 0.3) is 0 Å². The Kier molecular flexibility index (Phi) is 7.56. The van der Waals surface area contributed by atoms with Crippen molar-refractivity contribution in [2.24, 2.45) is 0 Å². The van der Waals surface area contributed by atoms with Gasteiger partial charge in [0, 0.05) is 60.5 Å². The van der Waals surface area contributed by atoms with E-state index in [1.165, 1.54) is 21.8 Å². The highest BCUT2D eigenvalue weighted by Gasteiger charge is 2.22. The average Bonchev–Trinajstić information content (AvgIpc) is 3.97. The maximum Gasteiger partial charge on any atom is 0.153 e. The lowest BCUT2D eigenvalue weighted by atomic mass is 10.0. The molecular weight excluding hydrogens is 737 g/mol. The van der Waals surface area contributed by atoms with E-state index in [1.54, 1.807) is 0 Å². The molecule has 0 bridgehead atoms. The molecule has 0 aliphatic heterocycles. The van der Waals surface area contributed by atoms with E-state index in [4.69, 9.17) is 18.8 Å². The van der Waals surface area contributed by atoms with Crippen LogP contribution in [0.3, 0.4) is 0 Å². The van der Waals surface area contributed by atoms with Crippen LogP contribution in [-0.2, 0) is 0 Å². The van der Waals surface area contributed by atoms with Crippen LogP contribution in [0.25, 0.3) is 93.9 Å². The monoisotopic (exact) mass is 772 g/mol. The molecule has 0 atom stereocenters. The minimum atomic E-state index is 0.777. The molecule has 0 aliphatic carbocycles. The Balaban J connectivity index is 1.04. The van der Waals surface area contributed by atoms with Crippen LogP contribution in [0.1, 0.15) is 11.1 Å². The van der Waals surface area contributed by atoms with E-state index >= 15 is 0 Å². The Morgan fingerprint density at radius 1 is 0.417 bits per heavy atom. The summed E-state index contributed by atoms with van der Waals surface area (Å²) >= 11 is 0. The molecule has 0 aliphatic rings. The molecular formula is C54H36N4O2. The van der Waals surface area contributed by atoms with Crippen LogP contribution >= 0.6 is 0 Å². The predicted octanol–water partition coefficient (Wildman–Crippen LogP) is 14.8. The number of nitrogens with zero attached hydrogens (tertiary/aromatic N) is 4. The van der Waals surface area contributed by atoms with Crippen molar-refractivity contribution in [2.75, 3.05) is 4.90 Å². The van der Waals surface area contributed by atoms with Gasteiger partial charge in [-0.05, 0) is 97.8 Å². The van der Waals surface area contributed by atoms with E-state index in [0.29, 0.717) is 0 Å². The second kappa shape index (κ2) is 13.3. The third kappa shape index (κ3) is 5.35. The molecule has 0 radical (unpaired) electrons. The molecule has 0 unspecified atom stereocenters. The van der Waals surface area contributed by atoms with E-state index in [9.17, 15) is 0 Å². The quantitative estimate of drug-likeness (QED) is 0.168. The van der Waals surface area contributed by atoms with Gasteiger partial charge in [-0.15, -0.1) is 0 Å². The molecule has 0 saturated heterocycles. The maximum atomic E-state index is 6.14. The average molecular weight is 773 g/mol. The summed E-state index contributed by atoms with van der Waals surface area (Å²) in [5.41, 5.74) is 16.0. The number of hydrogen-bond acceptors (Lipinski definition) is 5. The largest absolute Gasteiger partial charge is 0.454 e. The summed E-state index contributed by atoms with van der Waals surface area (Å²) in [6.45, 7) is 4.44. The van der Waals surface area contributed by atoms with E-state index in [-0.39, 0.29) is 0 Å². The van der Waals surface area contributed by atoms with Gasteiger partial charge in [-0.25, -0.2) is 0 Å². The second-order valence-corrected chi connectivity index (χ2v) is 15.6. The first-order chi connectivity index (χ1) is 29.6. The number of hydrogen-bond donors (Lipinski definition) is 0. The molecule has 12 rings (SSSR count). The third-order valence-electron chi connectivity index (χ3n) is 11.9. The predicted molar refractivity (Wildman–Crippen MR) is 246 cm³/mol. The molecule has 0 N–H and O–H groups in total. The van der Waals surface area contributed by atoms with Crippen LogP contribution < -0.4 is 4.90 Å². The van der Waals surface area contributed by atoms with Gasteiger partial charge in [-0.3, -0.25) is 9.97 Å². The number of anilines is 3. The van der Waals surface area contributed by atoms with Gasteiger partial charge in [0.15, 0.2) is 11.2 Å². The van der Waals surface area contributed by atoms with Gasteiger partial charge >= 0.3 is 0 Å².